The minimum Gasteiger partial charge on any atom is -0.0620 e. The van der Waals surface area contributed by atoms with Crippen LogP contribution < -0.4 is 0 Å². The zero-order valence-corrected chi connectivity index (χ0v) is 59.2. The van der Waals surface area contributed by atoms with Crippen molar-refractivity contribution in [2.45, 2.75) is 228 Å². The van der Waals surface area contributed by atoms with Crippen LogP contribution in [0.3, 0.4) is 0 Å². The van der Waals surface area contributed by atoms with E-state index in [9.17, 15) is 0 Å². The molecular weight excluding hydrogens is 1060 g/mol. The van der Waals surface area contributed by atoms with Gasteiger partial charge < -0.3 is 0 Å². The normalized spacial score (nSPS) is 10.2. The second kappa shape index (κ2) is 42.0. The van der Waals surface area contributed by atoms with Gasteiger partial charge >= 0.3 is 0 Å². The van der Waals surface area contributed by atoms with Crippen molar-refractivity contribution in [3.63, 3.8) is 0 Å². The summed E-state index contributed by atoms with van der Waals surface area (Å²) in [6.07, 6.45) is 15.9. The molecule has 0 aliphatic carbocycles. The molecule has 0 spiro atoms. The van der Waals surface area contributed by atoms with Gasteiger partial charge in [-0.15, -0.1) is 0 Å². The van der Waals surface area contributed by atoms with Gasteiger partial charge in [0, 0.05) is 0 Å². The van der Waals surface area contributed by atoms with Gasteiger partial charge in [-0.05, 0) is 265 Å². The second-order valence-corrected chi connectivity index (χ2v) is 23.3. The molecule has 9 aromatic carbocycles. The van der Waals surface area contributed by atoms with Crippen molar-refractivity contribution in [3.05, 3.63) is 293 Å². The number of aryl methyl sites for hydroxylation is 18. The number of hydrogen-bond acceptors (Lipinski definition) is 0. The summed E-state index contributed by atoms with van der Waals surface area (Å²) in [6, 6.07) is 66.5. The minimum absolute atomic E-state index is 1.09. The van der Waals surface area contributed by atoms with Crippen LogP contribution in [0.5, 0.6) is 0 Å². The lowest BCUT2D eigenvalue weighted by atomic mass is 9.93. The van der Waals surface area contributed by atoms with Crippen LogP contribution in [0.2, 0.25) is 0 Å². The van der Waals surface area contributed by atoms with E-state index >= 15 is 0 Å². The first-order valence-electron chi connectivity index (χ1n) is 34.3. The topological polar surface area (TPSA) is 0 Å². The van der Waals surface area contributed by atoms with E-state index in [0.29, 0.717) is 0 Å². The first kappa shape index (κ1) is 75.2. The molecule has 0 nitrogen and oxygen atoms in total. The average molecular weight is 1180 g/mol. The molecule has 0 aromatic heterocycles. The number of hydrogen-bond donors (Lipinski definition) is 0. The summed E-state index contributed by atoms with van der Waals surface area (Å²) in [6.45, 7) is 44.1. The van der Waals surface area contributed by atoms with Crippen LogP contribution in [0, 0.1) is 41.5 Å². The van der Waals surface area contributed by atoms with Gasteiger partial charge in [0.2, 0.25) is 0 Å². The van der Waals surface area contributed by atoms with Crippen molar-refractivity contribution in [3.8, 4) is 22.3 Å². The Bertz CT molecular complexity index is 3170. The van der Waals surface area contributed by atoms with Gasteiger partial charge in [0.1, 0.15) is 0 Å². The van der Waals surface area contributed by atoms with E-state index in [2.05, 4.69) is 320 Å². The summed E-state index contributed by atoms with van der Waals surface area (Å²) >= 11 is 0. The van der Waals surface area contributed by atoms with Gasteiger partial charge in [-0.2, -0.15) is 0 Å². The standard InChI is InChI=1S/2C16H18.3C12H18.2C10H14/c1-3-13-5-9-15(10-6-13)16-11-7-14(4-2)8-12-16;1-3-13-9-5-7-11-15(13)16-12-8-6-10-14(16)4-2;1-5-11-7-10(4)12(6-2)8-9(11)3;1-5-11-8-12(6-2)10(4)7-9(11)3;1-5-11-8-7-9(3)12(6-2)10(11)4;1-3-9-5-7-10(4-2)8-6-9;1-3-9-6-5-7-10(4-2)8-9/h2*5-12H,3-4H2,1-2H3;3*7-8H,5-6H2,1-4H3;2*5-8H,3-4H2,1-2H3. The molecule has 0 fully saturated rings. The largest absolute Gasteiger partial charge is 0.0620 e. The van der Waals surface area contributed by atoms with E-state index in [-0.39, 0.29) is 0 Å². The van der Waals surface area contributed by atoms with E-state index in [1.165, 1.54) is 134 Å². The molecule has 88 heavy (non-hydrogen) atoms. The molecule has 9 aromatic rings. The Hall–Kier alpha value is -7.02. The van der Waals surface area contributed by atoms with Gasteiger partial charge in [-0.3, -0.25) is 0 Å². The van der Waals surface area contributed by atoms with Crippen molar-refractivity contribution in [1.82, 2.24) is 0 Å². The maximum atomic E-state index is 2.35. The van der Waals surface area contributed by atoms with E-state index in [4.69, 9.17) is 0 Å². The first-order valence-corrected chi connectivity index (χ1v) is 34.3. The molecule has 0 bridgehead atoms. The third-order valence-corrected chi connectivity index (χ3v) is 17.6. The molecule has 9 rings (SSSR count). The fraction of sp³-hybridized carbons (Fsp3) is 0.386. The lowest BCUT2D eigenvalue weighted by Gasteiger charge is -2.11. The first-order chi connectivity index (χ1) is 42.5. The molecule has 0 radical (unpaired) electrons. The van der Waals surface area contributed by atoms with E-state index in [1.54, 1.807) is 0 Å². The van der Waals surface area contributed by atoms with Gasteiger partial charge in [0.05, 0.1) is 0 Å². The molecule has 0 saturated carbocycles. The summed E-state index contributed by atoms with van der Waals surface area (Å²) in [5.74, 6) is 0. The molecule has 0 saturated heterocycles. The van der Waals surface area contributed by atoms with Gasteiger partial charge in [0.15, 0.2) is 0 Å². The van der Waals surface area contributed by atoms with Crippen LogP contribution in [0.1, 0.15) is 208 Å². The Labute approximate surface area is 540 Å². The second-order valence-electron chi connectivity index (χ2n) is 23.3. The molecular formula is C88H118. The van der Waals surface area contributed by atoms with Crippen LogP contribution in [0.4, 0.5) is 0 Å². The highest BCUT2D eigenvalue weighted by Gasteiger charge is 2.08. The van der Waals surface area contributed by atoms with Crippen LogP contribution in [-0.2, 0) is 89.9 Å². The van der Waals surface area contributed by atoms with E-state index in [1.807, 2.05) is 0 Å². The third-order valence-electron chi connectivity index (χ3n) is 17.6. The molecule has 0 amide bonds. The highest BCUT2D eigenvalue weighted by molar-refractivity contribution is 5.71. The Balaban J connectivity index is 0.000000271. The molecule has 0 heterocycles. The highest BCUT2D eigenvalue weighted by atomic mass is 14.1. The maximum Gasteiger partial charge on any atom is -0.0149 e. The zero-order valence-electron chi connectivity index (χ0n) is 59.2. The maximum absolute atomic E-state index is 2.35. The quantitative estimate of drug-likeness (QED) is 0.0904. The third kappa shape index (κ3) is 24.5. The lowest BCUT2D eigenvalue weighted by molar-refractivity contribution is 1.03. The summed E-state index contributed by atoms with van der Waals surface area (Å²) < 4.78 is 0. The molecule has 0 N–H and O–H groups in total. The minimum atomic E-state index is 1.09. The van der Waals surface area contributed by atoms with E-state index in [0.717, 1.165) is 89.9 Å². The fourth-order valence-electron chi connectivity index (χ4n) is 11.4. The number of benzene rings is 9. The highest BCUT2D eigenvalue weighted by Crippen LogP contribution is 2.28. The lowest BCUT2D eigenvalue weighted by Crippen LogP contribution is -1.96. The molecule has 470 valence electrons. The van der Waals surface area contributed by atoms with Crippen molar-refractivity contribution < 1.29 is 0 Å². The predicted molar refractivity (Wildman–Crippen MR) is 396 cm³/mol. The summed E-state index contributed by atoms with van der Waals surface area (Å²) in [5, 5.41) is 0. The van der Waals surface area contributed by atoms with Crippen molar-refractivity contribution >= 4 is 0 Å². The van der Waals surface area contributed by atoms with Crippen molar-refractivity contribution in [1.29, 1.82) is 0 Å². The van der Waals surface area contributed by atoms with E-state index < -0.39 is 0 Å². The Morgan fingerprint density at radius 1 is 0.193 bits per heavy atom. The molecule has 0 aliphatic rings. The van der Waals surface area contributed by atoms with Crippen LogP contribution in [-0.4, -0.2) is 0 Å². The Morgan fingerprint density at radius 3 is 0.818 bits per heavy atom. The van der Waals surface area contributed by atoms with Crippen molar-refractivity contribution in [2.24, 2.45) is 0 Å². The van der Waals surface area contributed by atoms with Gasteiger partial charge in [0.25, 0.3) is 0 Å². The fourth-order valence-corrected chi connectivity index (χ4v) is 11.4. The molecule has 0 aliphatic heterocycles. The van der Waals surface area contributed by atoms with Crippen LogP contribution in [0.15, 0.2) is 182 Å². The molecule has 0 atom stereocenters. The molecule has 0 unspecified atom stereocenters. The molecule has 0 heteroatoms. The van der Waals surface area contributed by atoms with Gasteiger partial charge in [-0.25, -0.2) is 0 Å². The Kier molecular flexibility index (Phi) is 35.9. The average Bonchev–Trinajstić information content (AvgIpc) is 3.67. The van der Waals surface area contributed by atoms with Crippen LogP contribution >= 0.6 is 0 Å². The SMILES string of the molecule is CCc1cc(C)c(CC)cc1C.CCc1cc(CC)c(C)cc1C.CCc1ccc(-c2ccc(CC)cc2)cc1.CCc1ccc(C)c(CC)c1C.CCc1ccc(CC)cc1.CCc1cccc(CC)c1.CCc1ccccc1-c1ccccc1CC. The predicted octanol–water partition coefficient (Wildman–Crippen LogP) is 24.9. The van der Waals surface area contributed by atoms with Crippen LogP contribution in [0.25, 0.3) is 22.3 Å². The Morgan fingerprint density at radius 2 is 0.500 bits per heavy atom. The van der Waals surface area contributed by atoms with Gasteiger partial charge in [-0.1, -0.05) is 279 Å². The summed E-state index contributed by atoms with van der Waals surface area (Å²) in [7, 11) is 0. The number of rotatable bonds is 16. The summed E-state index contributed by atoms with van der Waals surface area (Å²) in [5.41, 5.74) is 34.5. The zero-order chi connectivity index (χ0) is 65.0. The monoisotopic (exact) mass is 1170 g/mol. The van der Waals surface area contributed by atoms with Crippen molar-refractivity contribution in [2.75, 3.05) is 0 Å². The smallest absolute Gasteiger partial charge is 0.0149 e. The summed E-state index contributed by atoms with van der Waals surface area (Å²) in [4.78, 5) is 0.